The highest BCUT2D eigenvalue weighted by molar-refractivity contribution is 7.89. The van der Waals surface area contributed by atoms with Crippen LogP contribution in [-0.4, -0.2) is 53.9 Å². The third-order valence-corrected chi connectivity index (χ3v) is 10.3. The molecule has 4 aromatic rings. The monoisotopic (exact) mass is 521 g/mol. The molecule has 1 aliphatic heterocycles. The van der Waals surface area contributed by atoms with E-state index in [0.29, 0.717) is 37.0 Å². The van der Waals surface area contributed by atoms with Crippen LogP contribution in [0.5, 0.6) is 0 Å². The van der Waals surface area contributed by atoms with Crippen LogP contribution in [0.4, 0.5) is 5.82 Å². The van der Waals surface area contributed by atoms with E-state index in [0.717, 1.165) is 45.7 Å². The van der Waals surface area contributed by atoms with Gasteiger partial charge in [0, 0.05) is 37.3 Å². The van der Waals surface area contributed by atoms with Crippen molar-refractivity contribution in [1.29, 1.82) is 0 Å². The average molecular weight is 522 g/mol. The molecule has 0 N–H and O–H groups in total. The van der Waals surface area contributed by atoms with E-state index in [2.05, 4.69) is 23.7 Å². The fourth-order valence-electron chi connectivity index (χ4n) is 5.54. The lowest BCUT2D eigenvalue weighted by molar-refractivity contribution is 0.384. The van der Waals surface area contributed by atoms with Gasteiger partial charge in [-0.05, 0) is 61.8 Å². The number of aromatic nitrogens is 3. The molecule has 0 radical (unpaired) electrons. The molecule has 4 heterocycles. The van der Waals surface area contributed by atoms with Gasteiger partial charge < -0.3 is 4.90 Å². The van der Waals surface area contributed by atoms with E-state index in [1.54, 1.807) is 34.1 Å². The third kappa shape index (κ3) is 3.97. The zero-order valence-corrected chi connectivity index (χ0v) is 22.6. The summed E-state index contributed by atoms with van der Waals surface area (Å²) < 4.78 is 29.0. The van der Waals surface area contributed by atoms with Crippen molar-refractivity contribution in [2.75, 3.05) is 31.1 Å². The van der Waals surface area contributed by atoms with E-state index in [1.807, 2.05) is 19.1 Å². The highest BCUT2D eigenvalue weighted by Crippen LogP contribution is 2.42. The van der Waals surface area contributed by atoms with E-state index in [4.69, 9.17) is 9.97 Å². The molecular weight excluding hydrogens is 490 g/mol. The smallest absolute Gasteiger partial charge is 0.243 e. The summed E-state index contributed by atoms with van der Waals surface area (Å²) in [5.74, 6) is 1.46. The summed E-state index contributed by atoms with van der Waals surface area (Å²) in [4.78, 5) is 18.2. The van der Waals surface area contributed by atoms with Crippen molar-refractivity contribution >= 4 is 47.6 Å². The Labute approximate surface area is 216 Å². The molecule has 1 fully saturated rings. The van der Waals surface area contributed by atoms with Crippen LogP contribution in [0.2, 0.25) is 0 Å². The highest BCUT2D eigenvalue weighted by atomic mass is 32.2. The fourth-order valence-corrected chi connectivity index (χ4v) is 8.16. The number of rotatable bonds is 5. The molecule has 1 saturated heterocycles. The van der Waals surface area contributed by atoms with Crippen LogP contribution in [0, 0.1) is 12.8 Å². The first kappa shape index (κ1) is 23.8. The molecule has 7 nitrogen and oxygen atoms in total. The zero-order valence-electron chi connectivity index (χ0n) is 21.0. The van der Waals surface area contributed by atoms with Crippen LogP contribution < -0.4 is 4.90 Å². The summed E-state index contributed by atoms with van der Waals surface area (Å²) in [5.41, 5.74) is 6.16. The van der Waals surface area contributed by atoms with Crippen molar-refractivity contribution in [3.05, 3.63) is 53.0 Å². The van der Waals surface area contributed by atoms with Crippen LogP contribution in [0.25, 0.3) is 20.4 Å². The molecular formula is C27H31N5O2S2. The Hall–Kier alpha value is -2.62. The number of piperazine rings is 1. The molecule has 0 spiro atoms. The van der Waals surface area contributed by atoms with Crippen LogP contribution >= 0.6 is 11.3 Å². The Balaban J connectivity index is 1.33. The lowest BCUT2D eigenvalue weighted by Crippen LogP contribution is -2.48. The second kappa shape index (κ2) is 9.04. The van der Waals surface area contributed by atoms with Gasteiger partial charge in [0.05, 0.1) is 15.1 Å². The minimum atomic E-state index is -3.50. The zero-order chi connectivity index (χ0) is 25.0. The topological polar surface area (TPSA) is 79.3 Å². The minimum absolute atomic E-state index is 0.354. The van der Waals surface area contributed by atoms with Crippen molar-refractivity contribution in [3.8, 4) is 0 Å². The van der Waals surface area contributed by atoms with Crippen molar-refractivity contribution in [2.24, 2.45) is 5.92 Å². The molecule has 0 bridgehead atoms. The maximum absolute atomic E-state index is 13.2. The number of benzene rings is 1. The van der Waals surface area contributed by atoms with Gasteiger partial charge in [0.1, 0.15) is 17.0 Å². The minimum Gasteiger partial charge on any atom is -0.353 e. The molecule has 0 amide bonds. The number of hydrogen-bond donors (Lipinski definition) is 0. The normalized spacial score (nSPS) is 16.9. The number of hydrogen-bond acceptors (Lipinski definition) is 7. The summed E-state index contributed by atoms with van der Waals surface area (Å²) >= 11 is 1.68. The van der Waals surface area contributed by atoms with E-state index in [-0.39, 0.29) is 0 Å². The highest BCUT2D eigenvalue weighted by Gasteiger charge is 2.31. The number of aryl methyl sites for hydroxylation is 2. The van der Waals surface area contributed by atoms with E-state index in [1.165, 1.54) is 28.6 Å². The van der Waals surface area contributed by atoms with Crippen molar-refractivity contribution in [3.63, 3.8) is 0 Å². The number of sulfonamides is 1. The van der Waals surface area contributed by atoms with Crippen LogP contribution in [0.1, 0.15) is 42.7 Å². The molecule has 9 heteroatoms. The summed E-state index contributed by atoms with van der Waals surface area (Å²) in [6.07, 6.45) is 6.02. The molecule has 0 atom stereocenters. The quantitative estimate of drug-likeness (QED) is 0.377. The standard InChI is InChI=1S/C27H31N5O2S2/c1-17(2)15-22-20-5-4-6-21(20)23-24-25(35-27(23)30-22)26(29-16-28-24)31-11-13-32(14-12-31)36(33,34)19-9-7-18(3)8-10-19/h7-10,16-17H,4-6,11-15H2,1-3H3. The van der Waals surface area contributed by atoms with Gasteiger partial charge in [-0.2, -0.15) is 4.31 Å². The maximum atomic E-state index is 13.2. The maximum Gasteiger partial charge on any atom is 0.243 e. The Morgan fingerprint density at radius 3 is 2.44 bits per heavy atom. The number of thiophene rings is 1. The number of pyridine rings is 1. The van der Waals surface area contributed by atoms with Crippen molar-refractivity contribution < 1.29 is 8.42 Å². The lowest BCUT2D eigenvalue weighted by Gasteiger charge is -2.34. The average Bonchev–Trinajstić information content (AvgIpc) is 3.48. The van der Waals surface area contributed by atoms with Gasteiger partial charge in [-0.25, -0.2) is 23.4 Å². The summed E-state index contributed by atoms with van der Waals surface area (Å²) in [5, 5.41) is 1.21. The summed E-state index contributed by atoms with van der Waals surface area (Å²) in [6.45, 7) is 8.50. The van der Waals surface area contributed by atoms with E-state index >= 15 is 0 Å². The van der Waals surface area contributed by atoms with Gasteiger partial charge in [0.15, 0.2) is 0 Å². The van der Waals surface area contributed by atoms with Gasteiger partial charge >= 0.3 is 0 Å². The van der Waals surface area contributed by atoms with Crippen LogP contribution in [-0.2, 0) is 29.3 Å². The second-order valence-corrected chi connectivity index (χ2v) is 13.3. The Kier molecular flexibility index (Phi) is 5.97. The number of fused-ring (bicyclic) bond motifs is 5. The molecule has 1 aromatic carbocycles. The molecule has 0 saturated carbocycles. The number of anilines is 1. The summed E-state index contributed by atoms with van der Waals surface area (Å²) in [7, 11) is -3.50. The van der Waals surface area contributed by atoms with Gasteiger partial charge in [0.25, 0.3) is 0 Å². The number of nitrogens with zero attached hydrogens (tertiary/aromatic N) is 5. The van der Waals surface area contributed by atoms with Gasteiger partial charge in [-0.3, -0.25) is 0 Å². The predicted octanol–water partition coefficient (Wildman–Crippen LogP) is 4.75. The Bertz CT molecular complexity index is 1550. The lowest BCUT2D eigenvalue weighted by atomic mass is 9.99. The Morgan fingerprint density at radius 1 is 1.00 bits per heavy atom. The molecule has 6 rings (SSSR count). The van der Waals surface area contributed by atoms with Gasteiger partial charge in [0.2, 0.25) is 10.0 Å². The first-order valence-corrected chi connectivity index (χ1v) is 15.0. The Morgan fingerprint density at radius 2 is 1.72 bits per heavy atom. The molecule has 188 valence electrons. The molecule has 0 unspecified atom stereocenters. The summed E-state index contributed by atoms with van der Waals surface area (Å²) in [6, 6.07) is 7.08. The molecule has 3 aromatic heterocycles. The first-order valence-electron chi connectivity index (χ1n) is 12.7. The van der Waals surface area contributed by atoms with Crippen molar-refractivity contribution in [2.45, 2.75) is 51.3 Å². The van der Waals surface area contributed by atoms with Gasteiger partial charge in [-0.15, -0.1) is 11.3 Å². The molecule has 36 heavy (non-hydrogen) atoms. The predicted molar refractivity (Wildman–Crippen MR) is 145 cm³/mol. The van der Waals surface area contributed by atoms with Crippen LogP contribution in [0.15, 0.2) is 35.5 Å². The molecule has 2 aliphatic rings. The fraction of sp³-hybridized carbons (Fsp3) is 0.444. The van der Waals surface area contributed by atoms with Crippen molar-refractivity contribution in [1.82, 2.24) is 19.3 Å². The third-order valence-electron chi connectivity index (χ3n) is 7.34. The van der Waals surface area contributed by atoms with E-state index in [9.17, 15) is 8.42 Å². The van der Waals surface area contributed by atoms with Crippen LogP contribution in [0.3, 0.4) is 0 Å². The first-order chi connectivity index (χ1) is 17.3. The van der Waals surface area contributed by atoms with Gasteiger partial charge in [-0.1, -0.05) is 31.5 Å². The van der Waals surface area contributed by atoms with E-state index < -0.39 is 10.0 Å². The molecule has 1 aliphatic carbocycles. The largest absolute Gasteiger partial charge is 0.353 e. The SMILES string of the molecule is Cc1ccc(S(=O)(=O)N2CCN(c3ncnc4c3sc3nc(CC(C)C)c5c(c34)CCC5)CC2)cc1. The second-order valence-electron chi connectivity index (χ2n) is 10.3.